The number of carbonyl (C=O) groups is 2. The van der Waals surface area contributed by atoms with Crippen LogP contribution < -0.4 is 10.6 Å². The number of amides is 2. The second-order valence-corrected chi connectivity index (χ2v) is 13.7. The molecule has 2 amide bonds. The van der Waals surface area contributed by atoms with Crippen LogP contribution in [0.5, 0.6) is 0 Å². The van der Waals surface area contributed by atoms with E-state index in [-0.39, 0.29) is 11.8 Å². The smallest absolute Gasteiger partial charge is 0.275 e. The van der Waals surface area contributed by atoms with Crippen molar-refractivity contribution in [1.29, 1.82) is 0 Å². The Morgan fingerprint density at radius 1 is 0.425 bits per heavy atom. The number of hydrogen-bond acceptors (Lipinski definition) is 2. The lowest BCUT2D eigenvalue weighted by atomic mass is 10.1. The molecule has 0 spiro atoms. The highest BCUT2D eigenvalue weighted by atomic mass is 16.2. The van der Waals surface area contributed by atoms with Crippen LogP contribution in [0.15, 0.2) is 0 Å². The average Bonchev–Trinajstić information content (AvgIpc) is 2.88. The fourth-order valence-electron chi connectivity index (χ4n) is 5.51. The maximum atomic E-state index is 12.4. The number of unbranched alkanes of at least 4 members (excludes halogenated alkanes) is 18. The lowest BCUT2D eigenvalue weighted by Gasteiger charge is -2.29. The molecule has 0 aromatic rings. The van der Waals surface area contributed by atoms with Crippen molar-refractivity contribution >= 4 is 11.8 Å². The summed E-state index contributed by atoms with van der Waals surface area (Å²) in [6.45, 7) is 8.58. The summed E-state index contributed by atoms with van der Waals surface area (Å²) in [5, 5.41) is 5.99. The van der Waals surface area contributed by atoms with E-state index in [1.54, 1.807) is 0 Å². The van der Waals surface area contributed by atoms with Crippen LogP contribution in [-0.2, 0) is 9.59 Å². The van der Waals surface area contributed by atoms with Crippen LogP contribution in [0.3, 0.4) is 0 Å². The Kier molecular flexibility index (Phi) is 24.8. The van der Waals surface area contributed by atoms with Crippen LogP contribution in [0.1, 0.15) is 142 Å². The van der Waals surface area contributed by atoms with Crippen molar-refractivity contribution in [2.75, 3.05) is 67.5 Å². The van der Waals surface area contributed by atoms with Gasteiger partial charge in [-0.05, 0) is 25.7 Å². The van der Waals surface area contributed by atoms with Gasteiger partial charge in [-0.25, -0.2) is 0 Å². The van der Waals surface area contributed by atoms with Crippen LogP contribution in [0.2, 0.25) is 0 Å². The molecule has 0 rings (SSSR count). The van der Waals surface area contributed by atoms with Crippen LogP contribution >= 0.6 is 0 Å². The van der Waals surface area contributed by atoms with E-state index in [2.05, 4.69) is 52.7 Å². The molecule has 40 heavy (non-hydrogen) atoms. The number of likely N-dealkylation sites (N-methyl/N-ethyl adjacent to an activating group) is 2. The molecule has 0 aliphatic heterocycles. The van der Waals surface area contributed by atoms with Crippen LogP contribution in [-0.4, -0.2) is 88.2 Å². The summed E-state index contributed by atoms with van der Waals surface area (Å²) in [6.07, 6.45) is 26.7. The third kappa shape index (κ3) is 27.1. The predicted molar refractivity (Wildman–Crippen MR) is 173 cm³/mol. The molecule has 6 heteroatoms. The van der Waals surface area contributed by atoms with Gasteiger partial charge in [-0.1, -0.05) is 117 Å². The second kappa shape index (κ2) is 25.6. The Hall–Kier alpha value is -1.14. The molecule has 2 N–H and O–H groups in total. The van der Waals surface area contributed by atoms with Gasteiger partial charge < -0.3 is 19.6 Å². The van der Waals surface area contributed by atoms with Crippen LogP contribution in [0.25, 0.3) is 0 Å². The van der Waals surface area contributed by atoms with Crippen molar-refractivity contribution in [2.45, 2.75) is 142 Å². The van der Waals surface area contributed by atoms with Gasteiger partial charge in [0.2, 0.25) is 0 Å². The van der Waals surface area contributed by atoms with Gasteiger partial charge in [-0.2, -0.15) is 0 Å². The number of hydrogen-bond donors (Lipinski definition) is 2. The first-order valence-corrected chi connectivity index (χ1v) is 17.3. The maximum Gasteiger partial charge on any atom is 0.275 e. The summed E-state index contributed by atoms with van der Waals surface area (Å²) in [4.78, 5) is 24.9. The lowest BCUT2D eigenvalue weighted by molar-refractivity contribution is -0.882. The maximum absolute atomic E-state index is 12.4. The molecule has 0 aromatic heterocycles. The Labute approximate surface area is 250 Å². The molecule has 0 heterocycles. The van der Waals surface area contributed by atoms with E-state index in [0.29, 0.717) is 26.2 Å². The van der Waals surface area contributed by atoms with Gasteiger partial charge in [-0.3, -0.25) is 9.59 Å². The van der Waals surface area contributed by atoms with E-state index in [4.69, 9.17) is 0 Å². The first-order valence-electron chi connectivity index (χ1n) is 17.3. The van der Waals surface area contributed by atoms with Crippen molar-refractivity contribution in [3.8, 4) is 0 Å². The minimum Gasteiger partial charge on any atom is -0.349 e. The van der Waals surface area contributed by atoms with E-state index in [1.807, 2.05) is 0 Å². The van der Waals surface area contributed by atoms with E-state index in [1.165, 1.54) is 128 Å². The second-order valence-electron chi connectivity index (χ2n) is 13.7. The number of nitrogens with one attached hydrogen (secondary N) is 2. The molecule has 0 fully saturated rings. The molecule has 0 saturated carbocycles. The van der Waals surface area contributed by atoms with Crippen molar-refractivity contribution in [1.82, 2.24) is 10.6 Å². The van der Waals surface area contributed by atoms with Gasteiger partial charge >= 0.3 is 0 Å². The van der Waals surface area contributed by atoms with Gasteiger partial charge in [0, 0.05) is 13.1 Å². The molecule has 0 bridgehead atoms. The number of carbonyl (C=O) groups excluding carboxylic acids is 2. The molecule has 0 radical (unpaired) electrons. The van der Waals surface area contributed by atoms with Crippen molar-refractivity contribution < 1.29 is 18.6 Å². The highest BCUT2D eigenvalue weighted by Gasteiger charge is 2.21. The molecule has 0 aromatic carbocycles. The van der Waals surface area contributed by atoms with Crippen molar-refractivity contribution in [3.05, 3.63) is 0 Å². The van der Waals surface area contributed by atoms with E-state index >= 15 is 0 Å². The minimum absolute atomic E-state index is 0.0726. The topological polar surface area (TPSA) is 58.2 Å². The zero-order chi connectivity index (χ0) is 30.0. The first-order chi connectivity index (χ1) is 19.1. The van der Waals surface area contributed by atoms with Gasteiger partial charge in [0.1, 0.15) is 0 Å². The van der Waals surface area contributed by atoms with Crippen LogP contribution in [0, 0.1) is 0 Å². The molecule has 0 aliphatic carbocycles. The molecule has 238 valence electrons. The molecule has 6 nitrogen and oxygen atoms in total. The molecular formula is C34H72N4O2+2. The Morgan fingerprint density at radius 2 is 0.675 bits per heavy atom. The average molecular weight is 569 g/mol. The summed E-state index contributed by atoms with van der Waals surface area (Å²) in [6, 6.07) is 0. The van der Waals surface area contributed by atoms with Gasteiger partial charge in [-0.15, -0.1) is 0 Å². The Bertz CT molecular complexity index is 555. The fourth-order valence-corrected chi connectivity index (χ4v) is 5.51. The largest absolute Gasteiger partial charge is 0.349 e. The van der Waals surface area contributed by atoms with Crippen LogP contribution in [0.4, 0.5) is 0 Å². The summed E-state index contributed by atoms with van der Waals surface area (Å²) in [5.41, 5.74) is 0. The fraction of sp³-hybridized carbons (Fsp3) is 0.941. The van der Waals surface area contributed by atoms with Gasteiger partial charge in [0.15, 0.2) is 13.1 Å². The quantitative estimate of drug-likeness (QED) is 0.0740. The molecule has 0 atom stereocenters. The molecular weight excluding hydrogens is 496 g/mol. The lowest BCUT2D eigenvalue weighted by Crippen LogP contribution is -2.50. The third-order valence-corrected chi connectivity index (χ3v) is 8.15. The number of rotatable bonds is 29. The highest BCUT2D eigenvalue weighted by molar-refractivity contribution is 5.78. The standard InChI is InChI=1S/C34H70N4O2/c1-7-9-11-13-15-17-19-21-23-25-29-37(3,4)31-33(39)35-27-28-36-34(40)32-38(5,6)30-26-24-22-20-18-16-14-12-10-8-2/h7-32H2,1-6H3/p+2. The molecule has 0 unspecified atom stereocenters. The Morgan fingerprint density at radius 3 is 0.950 bits per heavy atom. The molecule has 0 aliphatic rings. The zero-order valence-electron chi connectivity index (χ0n) is 28.1. The normalized spacial score (nSPS) is 12.1. The summed E-state index contributed by atoms with van der Waals surface area (Å²) in [7, 11) is 8.57. The van der Waals surface area contributed by atoms with E-state index < -0.39 is 0 Å². The minimum atomic E-state index is 0.0726. The molecule has 0 saturated heterocycles. The zero-order valence-corrected chi connectivity index (χ0v) is 28.1. The SMILES string of the molecule is CCCCCCCCCCCC[N+](C)(C)CC(=O)NCCNC(=O)C[N+](C)(C)CCCCCCCCCCCC. The Balaban J connectivity index is 3.78. The van der Waals surface area contributed by atoms with E-state index in [0.717, 1.165) is 22.1 Å². The monoisotopic (exact) mass is 569 g/mol. The third-order valence-electron chi connectivity index (χ3n) is 8.15. The number of quaternary nitrogens is 2. The van der Waals surface area contributed by atoms with Crippen molar-refractivity contribution in [2.24, 2.45) is 0 Å². The first kappa shape index (κ1) is 38.9. The summed E-state index contributed by atoms with van der Waals surface area (Å²) < 4.78 is 1.44. The summed E-state index contributed by atoms with van der Waals surface area (Å²) in [5.74, 6) is 0.145. The van der Waals surface area contributed by atoms with Crippen molar-refractivity contribution in [3.63, 3.8) is 0 Å². The van der Waals surface area contributed by atoms with Gasteiger partial charge in [0.05, 0.1) is 41.3 Å². The predicted octanol–water partition coefficient (Wildman–Crippen LogP) is 7.21. The van der Waals surface area contributed by atoms with E-state index in [9.17, 15) is 9.59 Å². The summed E-state index contributed by atoms with van der Waals surface area (Å²) >= 11 is 0. The number of nitrogens with zero attached hydrogens (tertiary/aromatic N) is 2. The van der Waals surface area contributed by atoms with Gasteiger partial charge in [0.25, 0.3) is 11.8 Å². The highest BCUT2D eigenvalue weighted by Crippen LogP contribution is 2.13.